The van der Waals surface area contributed by atoms with Crippen molar-refractivity contribution in [3.8, 4) is 11.1 Å². The van der Waals surface area contributed by atoms with Gasteiger partial charge in [-0.05, 0) is 35.1 Å². The number of carboxylic acids is 1. The molecule has 0 spiro atoms. The first-order chi connectivity index (χ1) is 14.9. The van der Waals surface area contributed by atoms with Crippen molar-refractivity contribution in [3.05, 3.63) is 59.7 Å². The summed E-state index contributed by atoms with van der Waals surface area (Å²) in [5.41, 5.74) is 4.62. The van der Waals surface area contributed by atoms with Crippen LogP contribution in [0.5, 0.6) is 0 Å². The molecule has 164 valence electrons. The van der Waals surface area contributed by atoms with Crippen LogP contribution in [0.25, 0.3) is 11.1 Å². The van der Waals surface area contributed by atoms with E-state index in [1.54, 1.807) is 13.8 Å². The minimum absolute atomic E-state index is 0.00940. The molecule has 1 aliphatic rings. The molecule has 0 fully saturated rings. The summed E-state index contributed by atoms with van der Waals surface area (Å²) in [7, 11) is 0. The molecule has 0 saturated heterocycles. The van der Waals surface area contributed by atoms with Gasteiger partial charge in [-0.25, -0.2) is 9.59 Å². The molecule has 0 radical (unpaired) electrons. The largest absolute Gasteiger partial charge is 0.480 e. The van der Waals surface area contributed by atoms with Crippen LogP contribution in [-0.2, 0) is 14.3 Å². The first kappa shape index (κ1) is 22.3. The number of carbonyl (C=O) groups excluding carboxylic acids is 2. The monoisotopic (exact) mass is 424 g/mol. The van der Waals surface area contributed by atoms with E-state index in [1.807, 2.05) is 24.3 Å². The van der Waals surface area contributed by atoms with E-state index < -0.39 is 24.0 Å². The van der Waals surface area contributed by atoms with Crippen molar-refractivity contribution in [2.75, 3.05) is 13.2 Å². The van der Waals surface area contributed by atoms with Crippen LogP contribution in [0.15, 0.2) is 48.5 Å². The number of hydrogen-bond acceptors (Lipinski definition) is 4. The summed E-state index contributed by atoms with van der Waals surface area (Å²) in [5, 5.41) is 14.2. The Kier molecular flexibility index (Phi) is 7.28. The van der Waals surface area contributed by atoms with E-state index in [0.29, 0.717) is 12.8 Å². The van der Waals surface area contributed by atoms with Crippen LogP contribution in [0.2, 0.25) is 0 Å². The topological polar surface area (TPSA) is 105 Å². The molecule has 7 nitrogen and oxygen atoms in total. The zero-order chi connectivity index (χ0) is 22.4. The van der Waals surface area contributed by atoms with Crippen LogP contribution < -0.4 is 10.6 Å². The van der Waals surface area contributed by atoms with E-state index in [1.165, 1.54) is 11.1 Å². The number of aliphatic carboxylic acids is 1. The zero-order valence-electron chi connectivity index (χ0n) is 17.8. The summed E-state index contributed by atoms with van der Waals surface area (Å²) in [5.74, 6) is -1.84. The lowest BCUT2D eigenvalue weighted by Gasteiger charge is -2.17. The fraction of sp³-hybridized carbons (Fsp3) is 0.375. The molecule has 0 aliphatic heterocycles. The van der Waals surface area contributed by atoms with Gasteiger partial charge < -0.3 is 20.5 Å². The number of carboxylic acid groups (broad SMARTS) is 1. The Hall–Kier alpha value is -3.35. The minimum atomic E-state index is -1.06. The molecule has 31 heavy (non-hydrogen) atoms. The molecule has 2 atom stereocenters. The van der Waals surface area contributed by atoms with Crippen molar-refractivity contribution in [1.82, 2.24) is 10.6 Å². The number of benzene rings is 2. The molecule has 0 bridgehead atoms. The number of hydrogen-bond donors (Lipinski definition) is 3. The highest BCUT2D eigenvalue weighted by Gasteiger charge is 2.29. The quantitative estimate of drug-likeness (QED) is 0.571. The van der Waals surface area contributed by atoms with Gasteiger partial charge in [0.2, 0.25) is 5.91 Å². The van der Waals surface area contributed by atoms with Crippen LogP contribution in [0.4, 0.5) is 4.79 Å². The lowest BCUT2D eigenvalue weighted by Crippen LogP contribution is -2.43. The number of carbonyl (C=O) groups is 3. The molecule has 0 saturated carbocycles. The van der Waals surface area contributed by atoms with Gasteiger partial charge in [0.1, 0.15) is 12.6 Å². The molecule has 2 aromatic carbocycles. The first-order valence-electron chi connectivity index (χ1n) is 10.5. The molecular weight excluding hydrogens is 396 g/mol. The third-order valence-electron chi connectivity index (χ3n) is 5.66. The predicted octanol–water partition coefficient (Wildman–Crippen LogP) is 3.53. The lowest BCUT2D eigenvalue weighted by molar-refractivity contribution is -0.142. The second-order valence-corrected chi connectivity index (χ2v) is 7.75. The fourth-order valence-corrected chi connectivity index (χ4v) is 3.82. The first-order valence-corrected chi connectivity index (χ1v) is 10.5. The lowest BCUT2D eigenvalue weighted by atomic mass is 9.98. The molecule has 7 heteroatoms. The van der Waals surface area contributed by atoms with Crippen LogP contribution in [0.1, 0.15) is 43.7 Å². The number of fused-ring (bicyclic) bond motifs is 3. The van der Waals surface area contributed by atoms with Gasteiger partial charge in [-0.3, -0.25) is 4.79 Å². The Labute approximate surface area is 181 Å². The Morgan fingerprint density at radius 2 is 1.61 bits per heavy atom. The predicted molar refractivity (Wildman–Crippen MR) is 117 cm³/mol. The Balaban J connectivity index is 1.47. The van der Waals surface area contributed by atoms with Crippen molar-refractivity contribution in [1.29, 1.82) is 0 Å². The van der Waals surface area contributed by atoms with Crippen LogP contribution in [0, 0.1) is 5.92 Å². The van der Waals surface area contributed by atoms with Crippen LogP contribution in [-0.4, -0.2) is 42.3 Å². The summed E-state index contributed by atoms with van der Waals surface area (Å²) >= 11 is 0. The fourth-order valence-electron chi connectivity index (χ4n) is 3.82. The smallest absolute Gasteiger partial charge is 0.407 e. The van der Waals surface area contributed by atoms with Crippen molar-refractivity contribution in [2.45, 2.75) is 38.6 Å². The maximum atomic E-state index is 12.2. The Morgan fingerprint density at radius 3 is 2.16 bits per heavy atom. The average Bonchev–Trinajstić information content (AvgIpc) is 3.09. The second kappa shape index (κ2) is 10.1. The highest BCUT2D eigenvalue weighted by Crippen LogP contribution is 2.44. The molecule has 2 amide bonds. The summed E-state index contributed by atoms with van der Waals surface area (Å²) in [6.45, 7) is 3.88. The summed E-state index contributed by atoms with van der Waals surface area (Å²) in [4.78, 5) is 35.3. The highest BCUT2D eigenvalue weighted by atomic mass is 16.5. The molecular formula is C24H28N2O5. The van der Waals surface area contributed by atoms with Crippen molar-refractivity contribution in [2.24, 2.45) is 5.92 Å². The highest BCUT2D eigenvalue weighted by molar-refractivity contribution is 5.84. The van der Waals surface area contributed by atoms with Crippen molar-refractivity contribution in [3.63, 3.8) is 0 Å². The number of nitrogens with one attached hydrogen (secondary N) is 2. The van der Waals surface area contributed by atoms with E-state index in [-0.39, 0.29) is 25.0 Å². The Bertz CT molecular complexity index is 913. The number of ether oxygens (including phenoxy) is 1. The maximum Gasteiger partial charge on any atom is 0.407 e. The Morgan fingerprint density at radius 1 is 1.03 bits per heavy atom. The molecule has 0 aromatic heterocycles. The number of alkyl carbamates (subject to hydrolysis) is 1. The van der Waals surface area contributed by atoms with E-state index in [2.05, 4.69) is 34.9 Å². The summed E-state index contributed by atoms with van der Waals surface area (Å²) < 4.78 is 5.47. The molecule has 2 aromatic rings. The van der Waals surface area contributed by atoms with Gasteiger partial charge >= 0.3 is 12.1 Å². The number of amides is 2. The third kappa shape index (κ3) is 5.23. The molecule has 3 N–H and O–H groups in total. The minimum Gasteiger partial charge on any atom is -0.480 e. The standard InChI is InChI=1S/C24H28N2O5/c1-3-21(23(28)29)26-22(27)15(2)12-13-25-24(30)31-14-20-18-10-6-4-8-16(18)17-9-5-7-11-19(17)20/h4-11,15,20-21H,3,12-14H2,1-2H3,(H,25,30)(H,26,27)(H,28,29)/t15?,21-/m1/s1. The summed E-state index contributed by atoms with van der Waals surface area (Å²) in [6.07, 6.45) is 0.157. The molecule has 0 heterocycles. The third-order valence-corrected chi connectivity index (χ3v) is 5.66. The zero-order valence-corrected chi connectivity index (χ0v) is 17.8. The maximum absolute atomic E-state index is 12.2. The van der Waals surface area contributed by atoms with Gasteiger partial charge in [0.25, 0.3) is 0 Å². The van der Waals surface area contributed by atoms with E-state index in [0.717, 1.165) is 11.1 Å². The molecule has 1 aliphatic carbocycles. The van der Waals surface area contributed by atoms with Gasteiger partial charge in [0.05, 0.1) is 0 Å². The van der Waals surface area contributed by atoms with E-state index in [4.69, 9.17) is 9.84 Å². The second-order valence-electron chi connectivity index (χ2n) is 7.75. The SMILES string of the molecule is CC[C@@H](NC(=O)C(C)CCNC(=O)OCC1c2ccccc2-c2ccccc21)C(=O)O. The van der Waals surface area contributed by atoms with Crippen molar-refractivity contribution >= 4 is 18.0 Å². The molecule has 1 unspecified atom stereocenters. The average molecular weight is 424 g/mol. The van der Waals surface area contributed by atoms with Gasteiger partial charge in [-0.2, -0.15) is 0 Å². The van der Waals surface area contributed by atoms with E-state index in [9.17, 15) is 14.4 Å². The molecule has 3 rings (SSSR count). The van der Waals surface area contributed by atoms with Crippen LogP contribution >= 0.6 is 0 Å². The van der Waals surface area contributed by atoms with Crippen molar-refractivity contribution < 1.29 is 24.2 Å². The normalized spacial score (nSPS) is 14.1. The summed E-state index contributed by atoms with van der Waals surface area (Å²) in [6, 6.07) is 15.3. The van der Waals surface area contributed by atoms with E-state index >= 15 is 0 Å². The van der Waals surface area contributed by atoms with Gasteiger partial charge in [0, 0.05) is 18.4 Å². The van der Waals surface area contributed by atoms with Gasteiger partial charge in [-0.1, -0.05) is 62.4 Å². The number of rotatable bonds is 9. The van der Waals surface area contributed by atoms with Crippen LogP contribution in [0.3, 0.4) is 0 Å². The van der Waals surface area contributed by atoms with Gasteiger partial charge in [-0.15, -0.1) is 0 Å². The van der Waals surface area contributed by atoms with Gasteiger partial charge in [0.15, 0.2) is 0 Å².